The molecule has 2 aromatic carbocycles. The minimum atomic E-state index is -3.92. The fourth-order valence-corrected chi connectivity index (χ4v) is 4.00. The largest absolute Gasteiger partial charge is 0.493 e. The Kier molecular flexibility index (Phi) is 7.91. The predicted molar refractivity (Wildman–Crippen MR) is 132 cm³/mol. The van der Waals surface area contributed by atoms with Gasteiger partial charge in [-0.1, -0.05) is 0 Å². The Labute approximate surface area is 202 Å². The smallest absolute Gasteiger partial charge is 0.321 e. The molecule has 0 amide bonds. The van der Waals surface area contributed by atoms with Crippen LogP contribution in [0.3, 0.4) is 0 Å². The lowest BCUT2D eigenvalue weighted by atomic mass is 10.2. The molecule has 0 radical (unpaired) electrons. The van der Waals surface area contributed by atoms with Crippen LogP contribution in [0.5, 0.6) is 23.4 Å². The summed E-state index contributed by atoms with van der Waals surface area (Å²) in [5.74, 6) is 1.30. The Bertz CT molecular complexity index is 1250. The predicted octanol–water partition coefficient (Wildman–Crippen LogP) is 3.12. The molecule has 3 rings (SSSR count). The number of hydrogen-bond acceptors (Lipinski definition) is 9. The first-order chi connectivity index (χ1) is 16.3. The van der Waals surface area contributed by atoms with Crippen molar-refractivity contribution in [3.63, 3.8) is 0 Å². The third-order valence-electron chi connectivity index (χ3n) is 4.38. The van der Waals surface area contributed by atoms with Gasteiger partial charge in [0, 0.05) is 23.5 Å². The lowest BCUT2D eigenvalue weighted by molar-refractivity contribution is 0.353. The van der Waals surface area contributed by atoms with Gasteiger partial charge in [0.25, 0.3) is 10.0 Å². The number of aromatic nitrogens is 2. The maximum Gasteiger partial charge on any atom is 0.321 e. The molecule has 0 aliphatic rings. The highest BCUT2D eigenvalue weighted by molar-refractivity contribution is 7.92. The van der Waals surface area contributed by atoms with E-state index in [1.54, 1.807) is 44.6 Å². The molecule has 3 N–H and O–H groups in total. The molecular weight excluding hydrogens is 482 g/mol. The first kappa shape index (κ1) is 24.8. The topological polar surface area (TPSA) is 133 Å². The van der Waals surface area contributed by atoms with Gasteiger partial charge in [-0.2, -0.15) is 9.97 Å². The summed E-state index contributed by atoms with van der Waals surface area (Å²) in [6.07, 6.45) is 0. The van der Waals surface area contributed by atoms with Gasteiger partial charge in [-0.05, 0) is 48.6 Å². The molecule has 1 heterocycles. The third kappa shape index (κ3) is 6.14. The summed E-state index contributed by atoms with van der Waals surface area (Å²) in [5.41, 5.74) is 1.27. The lowest BCUT2D eigenvalue weighted by Crippen LogP contribution is -2.19. The van der Waals surface area contributed by atoms with Gasteiger partial charge in [0.1, 0.15) is 0 Å². The molecular formula is C21H23N5O6S2. The van der Waals surface area contributed by atoms with E-state index in [-0.39, 0.29) is 22.6 Å². The van der Waals surface area contributed by atoms with E-state index >= 15 is 0 Å². The molecule has 0 fully saturated rings. The molecule has 0 bridgehead atoms. The number of thiocarbonyl (C=S) groups is 1. The van der Waals surface area contributed by atoms with Crippen LogP contribution in [0.15, 0.2) is 53.4 Å². The summed E-state index contributed by atoms with van der Waals surface area (Å²) < 4.78 is 48.4. The van der Waals surface area contributed by atoms with Crippen LogP contribution in [-0.2, 0) is 10.0 Å². The third-order valence-corrected chi connectivity index (χ3v) is 5.95. The molecule has 0 saturated carbocycles. The number of rotatable bonds is 9. The molecule has 0 spiro atoms. The van der Waals surface area contributed by atoms with Crippen molar-refractivity contribution < 1.29 is 27.4 Å². The number of sulfonamides is 1. The first-order valence-electron chi connectivity index (χ1n) is 9.68. The second-order valence-electron chi connectivity index (χ2n) is 6.56. The average molecular weight is 506 g/mol. The zero-order valence-corrected chi connectivity index (χ0v) is 20.4. The van der Waals surface area contributed by atoms with Gasteiger partial charge in [-0.25, -0.2) is 8.42 Å². The van der Waals surface area contributed by atoms with E-state index < -0.39 is 10.0 Å². The van der Waals surface area contributed by atoms with Crippen LogP contribution in [-0.4, -0.2) is 51.9 Å². The number of nitrogens with zero attached hydrogens (tertiary/aromatic N) is 2. The number of ether oxygens (including phenoxy) is 4. The number of hydrogen-bond donors (Lipinski definition) is 3. The Balaban J connectivity index is 1.68. The van der Waals surface area contributed by atoms with Gasteiger partial charge in [0.15, 0.2) is 22.4 Å². The number of methoxy groups -OCH3 is 4. The maximum atomic E-state index is 12.8. The van der Waals surface area contributed by atoms with Gasteiger partial charge < -0.3 is 29.6 Å². The number of benzene rings is 2. The SMILES string of the molecule is COc1cc(NS(=O)(=O)c2ccc(NC(=S)Nc3ccc(OC)c(OC)c3)cc2)nc(OC)n1. The molecule has 3 aromatic rings. The first-order valence-corrected chi connectivity index (χ1v) is 11.6. The van der Waals surface area contributed by atoms with Crippen LogP contribution in [0.1, 0.15) is 0 Å². The minimum Gasteiger partial charge on any atom is -0.493 e. The van der Waals surface area contributed by atoms with Gasteiger partial charge >= 0.3 is 6.01 Å². The molecule has 180 valence electrons. The zero-order valence-electron chi connectivity index (χ0n) is 18.8. The zero-order chi connectivity index (χ0) is 24.7. The highest BCUT2D eigenvalue weighted by Crippen LogP contribution is 2.30. The molecule has 0 unspecified atom stereocenters. The van der Waals surface area contributed by atoms with E-state index in [0.29, 0.717) is 28.0 Å². The van der Waals surface area contributed by atoms with Gasteiger partial charge in [0.05, 0.1) is 33.3 Å². The Hall–Kier alpha value is -3.84. The van der Waals surface area contributed by atoms with E-state index in [2.05, 4.69) is 25.3 Å². The van der Waals surface area contributed by atoms with Gasteiger partial charge in [-0.15, -0.1) is 0 Å². The van der Waals surface area contributed by atoms with Crippen molar-refractivity contribution >= 4 is 44.5 Å². The maximum absolute atomic E-state index is 12.8. The van der Waals surface area contributed by atoms with Crippen LogP contribution < -0.4 is 34.3 Å². The highest BCUT2D eigenvalue weighted by atomic mass is 32.2. The van der Waals surface area contributed by atoms with Crippen molar-refractivity contribution in [3.05, 3.63) is 48.5 Å². The quantitative estimate of drug-likeness (QED) is 0.370. The normalized spacial score (nSPS) is 10.7. The summed E-state index contributed by atoms with van der Waals surface area (Å²) in [7, 11) is 1.93. The highest BCUT2D eigenvalue weighted by Gasteiger charge is 2.17. The van der Waals surface area contributed by atoms with E-state index in [1.807, 2.05) is 0 Å². The molecule has 34 heavy (non-hydrogen) atoms. The number of anilines is 3. The van der Waals surface area contributed by atoms with Crippen LogP contribution in [0.25, 0.3) is 0 Å². The molecule has 1 aromatic heterocycles. The summed E-state index contributed by atoms with van der Waals surface area (Å²) >= 11 is 5.34. The fourth-order valence-electron chi connectivity index (χ4n) is 2.77. The fraction of sp³-hybridized carbons (Fsp3) is 0.190. The van der Waals surface area contributed by atoms with E-state index in [0.717, 1.165) is 0 Å². The molecule has 0 atom stereocenters. The summed E-state index contributed by atoms with van der Waals surface area (Å²) in [6, 6.07) is 12.6. The molecule has 11 nitrogen and oxygen atoms in total. The van der Waals surface area contributed by atoms with Crippen molar-refractivity contribution in [1.82, 2.24) is 9.97 Å². The van der Waals surface area contributed by atoms with E-state index in [1.165, 1.54) is 32.4 Å². The Morgan fingerprint density at radius 3 is 2.06 bits per heavy atom. The Morgan fingerprint density at radius 2 is 1.44 bits per heavy atom. The van der Waals surface area contributed by atoms with Crippen molar-refractivity contribution in [2.24, 2.45) is 0 Å². The summed E-state index contributed by atoms with van der Waals surface area (Å²) in [5, 5.41) is 6.33. The monoisotopic (exact) mass is 505 g/mol. The second kappa shape index (κ2) is 10.9. The summed E-state index contributed by atoms with van der Waals surface area (Å²) in [6.45, 7) is 0. The second-order valence-corrected chi connectivity index (χ2v) is 8.65. The Morgan fingerprint density at radius 1 is 0.794 bits per heavy atom. The molecule has 0 saturated heterocycles. The van der Waals surface area contributed by atoms with Gasteiger partial charge in [0.2, 0.25) is 5.88 Å². The van der Waals surface area contributed by atoms with Crippen LogP contribution >= 0.6 is 12.2 Å². The molecule has 0 aliphatic carbocycles. The van der Waals surface area contributed by atoms with Crippen molar-refractivity contribution in [2.45, 2.75) is 4.90 Å². The van der Waals surface area contributed by atoms with E-state index in [4.69, 9.17) is 31.2 Å². The van der Waals surface area contributed by atoms with Crippen LogP contribution in [0, 0.1) is 0 Å². The summed E-state index contributed by atoms with van der Waals surface area (Å²) in [4.78, 5) is 7.92. The van der Waals surface area contributed by atoms with Crippen molar-refractivity contribution in [1.29, 1.82) is 0 Å². The molecule has 13 heteroatoms. The van der Waals surface area contributed by atoms with Crippen molar-refractivity contribution in [3.8, 4) is 23.4 Å². The lowest BCUT2D eigenvalue weighted by Gasteiger charge is -2.14. The van der Waals surface area contributed by atoms with Crippen LogP contribution in [0.4, 0.5) is 17.2 Å². The van der Waals surface area contributed by atoms with Gasteiger partial charge in [-0.3, -0.25) is 4.72 Å². The number of nitrogens with one attached hydrogen (secondary N) is 3. The molecule has 0 aliphatic heterocycles. The minimum absolute atomic E-state index is 0.00574. The van der Waals surface area contributed by atoms with Crippen molar-refractivity contribution in [2.75, 3.05) is 43.8 Å². The van der Waals surface area contributed by atoms with Crippen LogP contribution in [0.2, 0.25) is 0 Å². The average Bonchev–Trinajstić information content (AvgIpc) is 2.83. The van der Waals surface area contributed by atoms with E-state index in [9.17, 15) is 8.42 Å². The standard InChI is InChI=1S/C21H23N5O6S2/c1-29-16-10-7-14(11-17(16)30-2)23-21(33)22-13-5-8-15(9-6-13)34(27,28)26-18-12-19(31-3)25-20(24-18)32-4/h5-12H,1-4H3,(H2,22,23,33)(H,24,25,26).